The van der Waals surface area contributed by atoms with Crippen LogP contribution in [0.3, 0.4) is 0 Å². The fourth-order valence-electron chi connectivity index (χ4n) is 1.76. The van der Waals surface area contributed by atoms with E-state index in [1.54, 1.807) is 7.11 Å². The van der Waals surface area contributed by atoms with E-state index in [9.17, 15) is 5.11 Å². The maximum Gasteiger partial charge on any atom is 0.118 e. The second-order valence-electron chi connectivity index (χ2n) is 3.91. The van der Waals surface area contributed by atoms with Gasteiger partial charge in [-0.05, 0) is 24.1 Å². The van der Waals surface area contributed by atoms with Gasteiger partial charge in [0, 0.05) is 12.6 Å². The number of hydrogen-bond acceptors (Lipinski definition) is 4. The standard InChI is InChI=1S/C13H21NO3/c1-3-12(14-8-9-15)13(16)10-4-6-11(17-2)7-5-10/h4-7,12-16H,3,8-9H2,1-2H3. The molecule has 0 saturated heterocycles. The molecule has 0 aliphatic heterocycles. The average Bonchev–Trinajstić information content (AvgIpc) is 2.39. The first-order valence-electron chi connectivity index (χ1n) is 5.89. The summed E-state index contributed by atoms with van der Waals surface area (Å²) >= 11 is 0. The summed E-state index contributed by atoms with van der Waals surface area (Å²) < 4.78 is 5.07. The van der Waals surface area contributed by atoms with Crippen LogP contribution in [0.25, 0.3) is 0 Å². The van der Waals surface area contributed by atoms with E-state index < -0.39 is 6.10 Å². The van der Waals surface area contributed by atoms with E-state index >= 15 is 0 Å². The number of ether oxygens (including phenoxy) is 1. The minimum atomic E-state index is -0.572. The Bertz CT molecular complexity index is 313. The molecule has 0 heterocycles. The van der Waals surface area contributed by atoms with Crippen LogP contribution >= 0.6 is 0 Å². The second kappa shape index (κ2) is 7.27. The number of aliphatic hydroxyl groups excluding tert-OH is 2. The lowest BCUT2D eigenvalue weighted by Crippen LogP contribution is -2.36. The van der Waals surface area contributed by atoms with E-state index in [1.807, 2.05) is 31.2 Å². The molecule has 0 spiro atoms. The lowest BCUT2D eigenvalue weighted by molar-refractivity contribution is 0.122. The van der Waals surface area contributed by atoms with Gasteiger partial charge in [-0.2, -0.15) is 0 Å². The molecule has 0 radical (unpaired) electrons. The van der Waals surface area contributed by atoms with Crippen LogP contribution in [0, 0.1) is 0 Å². The molecule has 4 nitrogen and oxygen atoms in total. The molecule has 1 rings (SSSR count). The van der Waals surface area contributed by atoms with Gasteiger partial charge in [-0.1, -0.05) is 19.1 Å². The molecular weight excluding hydrogens is 218 g/mol. The van der Waals surface area contributed by atoms with E-state index in [2.05, 4.69) is 5.32 Å². The maximum atomic E-state index is 10.2. The van der Waals surface area contributed by atoms with Crippen LogP contribution in [0.1, 0.15) is 25.0 Å². The minimum absolute atomic E-state index is 0.0458. The average molecular weight is 239 g/mol. The molecule has 1 aromatic rings. The normalized spacial score (nSPS) is 14.4. The lowest BCUT2D eigenvalue weighted by atomic mass is 10.0. The summed E-state index contributed by atoms with van der Waals surface area (Å²) in [5.41, 5.74) is 0.850. The summed E-state index contributed by atoms with van der Waals surface area (Å²) in [5.74, 6) is 0.775. The fourth-order valence-corrected chi connectivity index (χ4v) is 1.76. The van der Waals surface area contributed by atoms with Crippen molar-refractivity contribution in [3.05, 3.63) is 29.8 Å². The molecule has 2 atom stereocenters. The van der Waals surface area contributed by atoms with E-state index in [4.69, 9.17) is 9.84 Å². The number of nitrogens with one attached hydrogen (secondary N) is 1. The Morgan fingerprint density at radius 1 is 1.29 bits per heavy atom. The van der Waals surface area contributed by atoms with Crippen LogP contribution in [-0.2, 0) is 0 Å². The van der Waals surface area contributed by atoms with E-state index in [0.717, 1.165) is 17.7 Å². The zero-order chi connectivity index (χ0) is 12.7. The zero-order valence-electron chi connectivity index (χ0n) is 10.4. The molecule has 0 saturated carbocycles. The van der Waals surface area contributed by atoms with Gasteiger partial charge < -0.3 is 20.3 Å². The van der Waals surface area contributed by atoms with Crippen molar-refractivity contribution in [2.75, 3.05) is 20.3 Å². The van der Waals surface area contributed by atoms with Crippen LogP contribution in [0.15, 0.2) is 24.3 Å². The maximum absolute atomic E-state index is 10.2. The number of benzene rings is 1. The Morgan fingerprint density at radius 3 is 2.41 bits per heavy atom. The number of methoxy groups -OCH3 is 1. The molecule has 0 aliphatic carbocycles. The molecule has 96 valence electrons. The molecule has 17 heavy (non-hydrogen) atoms. The predicted octanol–water partition coefficient (Wildman–Crippen LogP) is 1.09. The summed E-state index contributed by atoms with van der Waals surface area (Å²) in [6.45, 7) is 2.57. The van der Waals surface area contributed by atoms with Crippen LogP contribution in [0.5, 0.6) is 5.75 Å². The Kier molecular flexibility index (Phi) is 5.97. The molecule has 0 aromatic heterocycles. The monoisotopic (exact) mass is 239 g/mol. The number of aliphatic hydroxyl groups is 2. The SMILES string of the molecule is CCC(NCCO)C(O)c1ccc(OC)cc1. The molecule has 1 aromatic carbocycles. The Hall–Kier alpha value is -1.10. The van der Waals surface area contributed by atoms with E-state index in [0.29, 0.717) is 6.54 Å². The Morgan fingerprint density at radius 2 is 1.94 bits per heavy atom. The lowest BCUT2D eigenvalue weighted by Gasteiger charge is -2.23. The van der Waals surface area contributed by atoms with E-state index in [1.165, 1.54) is 0 Å². The summed E-state index contributed by atoms with van der Waals surface area (Å²) in [5, 5.41) is 22.1. The van der Waals surface area contributed by atoms with Gasteiger partial charge in [-0.25, -0.2) is 0 Å². The van der Waals surface area contributed by atoms with Gasteiger partial charge in [-0.15, -0.1) is 0 Å². The van der Waals surface area contributed by atoms with Gasteiger partial charge >= 0.3 is 0 Å². The molecular formula is C13H21NO3. The zero-order valence-corrected chi connectivity index (χ0v) is 10.4. The molecule has 0 bridgehead atoms. The van der Waals surface area contributed by atoms with Gasteiger partial charge in [-0.3, -0.25) is 0 Å². The van der Waals surface area contributed by atoms with Gasteiger partial charge in [0.25, 0.3) is 0 Å². The van der Waals surface area contributed by atoms with Crippen molar-refractivity contribution in [2.45, 2.75) is 25.5 Å². The number of hydrogen-bond donors (Lipinski definition) is 3. The summed E-state index contributed by atoms with van der Waals surface area (Å²) in [7, 11) is 1.61. The first kappa shape index (κ1) is 14.0. The van der Waals surface area contributed by atoms with Gasteiger partial charge in [0.15, 0.2) is 0 Å². The van der Waals surface area contributed by atoms with Crippen LogP contribution < -0.4 is 10.1 Å². The molecule has 0 amide bonds. The van der Waals surface area contributed by atoms with Crippen LogP contribution in [0.2, 0.25) is 0 Å². The largest absolute Gasteiger partial charge is 0.497 e. The van der Waals surface area contributed by atoms with Crippen molar-refractivity contribution >= 4 is 0 Å². The summed E-state index contributed by atoms with van der Waals surface area (Å²) in [6, 6.07) is 7.32. The highest BCUT2D eigenvalue weighted by atomic mass is 16.5. The minimum Gasteiger partial charge on any atom is -0.497 e. The van der Waals surface area contributed by atoms with Gasteiger partial charge in [0.05, 0.1) is 19.8 Å². The van der Waals surface area contributed by atoms with Crippen molar-refractivity contribution in [1.29, 1.82) is 0 Å². The molecule has 4 heteroatoms. The molecule has 0 fully saturated rings. The number of rotatable bonds is 7. The van der Waals surface area contributed by atoms with Crippen molar-refractivity contribution in [1.82, 2.24) is 5.32 Å². The summed E-state index contributed by atoms with van der Waals surface area (Å²) in [4.78, 5) is 0. The van der Waals surface area contributed by atoms with Gasteiger partial charge in [0.1, 0.15) is 5.75 Å². The fraction of sp³-hybridized carbons (Fsp3) is 0.538. The predicted molar refractivity (Wildman–Crippen MR) is 67.1 cm³/mol. The van der Waals surface area contributed by atoms with Crippen molar-refractivity contribution in [3.63, 3.8) is 0 Å². The van der Waals surface area contributed by atoms with Crippen molar-refractivity contribution < 1.29 is 14.9 Å². The topological polar surface area (TPSA) is 61.7 Å². The highest BCUT2D eigenvalue weighted by molar-refractivity contribution is 5.29. The van der Waals surface area contributed by atoms with E-state index in [-0.39, 0.29) is 12.6 Å². The third kappa shape index (κ3) is 4.00. The third-order valence-electron chi connectivity index (χ3n) is 2.80. The van der Waals surface area contributed by atoms with Crippen molar-refractivity contribution in [3.8, 4) is 5.75 Å². The first-order valence-corrected chi connectivity index (χ1v) is 5.89. The second-order valence-corrected chi connectivity index (χ2v) is 3.91. The smallest absolute Gasteiger partial charge is 0.118 e. The molecule has 0 aliphatic rings. The summed E-state index contributed by atoms with van der Waals surface area (Å²) in [6.07, 6.45) is 0.227. The van der Waals surface area contributed by atoms with Gasteiger partial charge in [0.2, 0.25) is 0 Å². The highest BCUT2D eigenvalue weighted by Gasteiger charge is 2.18. The quantitative estimate of drug-likeness (QED) is 0.666. The molecule has 3 N–H and O–H groups in total. The van der Waals surface area contributed by atoms with Crippen LogP contribution in [0.4, 0.5) is 0 Å². The third-order valence-corrected chi connectivity index (χ3v) is 2.80. The van der Waals surface area contributed by atoms with Crippen LogP contribution in [-0.4, -0.2) is 36.5 Å². The Balaban J connectivity index is 2.67. The Labute approximate surface area is 102 Å². The van der Waals surface area contributed by atoms with Crippen molar-refractivity contribution in [2.24, 2.45) is 0 Å². The molecule has 2 unspecified atom stereocenters. The first-order chi connectivity index (χ1) is 8.22. The highest BCUT2D eigenvalue weighted by Crippen LogP contribution is 2.21.